The number of pyridine rings is 1. The molecule has 1 aliphatic heterocycles. The van der Waals surface area contributed by atoms with E-state index in [1.54, 1.807) is 32.5 Å². The average Bonchev–Trinajstić information content (AvgIpc) is 2.92. The lowest BCUT2D eigenvalue weighted by atomic mass is 9.93. The third kappa shape index (κ3) is 5.51. The summed E-state index contributed by atoms with van der Waals surface area (Å²) in [5, 5.41) is 3.15. The Morgan fingerprint density at radius 3 is 2.59 bits per heavy atom. The zero-order chi connectivity index (χ0) is 27.7. The molecule has 0 saturated heterocycles. The maximum Gasteiger partial charge on any atom is 0.417 e. The molecule has 0 aliphatic carbocycles. The second kappa shape index (κ2) is 10.7. The molecule has 0 spiro atoms. The van der Waals surface area contributed by atoms with E-state index in [4.69, 9.17) is 21.1 Å². The topological polar surface area (TPSA) is 63.7 Å². The van der Waals surface area contributed by atoms with Gasteiger partial charge in [-0.1, -0.05) is 23.7 Å². The van der Waals surface area contributed by atoms with Crippen LogP contribution in [0.1, 0.15) is 32.6 Å². The van der Waals surface area contributed by atoms with Crippen LogP contribution in [-0.4, -0.2) is 36.6 Å². The predicted molar refractivity (Wildman–Crippen MR) is 144 cm³/mol. The first-order chi connectivity index (χ1) is 18.7. The molecular formula is C29H25ClF3N3O3. The summed E-state index contributed by atoms with van der Waals surface area (Å²) in [5.74, 6) is 0.777. The number of ether oxygens (including phenoxy) is 2. The van der Waals surface area contributed by atoms with Crippen LogP contribution in [0.2, 0.25) is 5.02 Å². The summed E-state index contributed by atoms with van der Waals surface area (Å²) in [7, 11) is 3.18. The van der Waals surface area contributed by atoms with Gasteiger partial charge in [0.2, 0.25) is 0 Å². The maximum absolute atomic E-state index is 13.2. The Hall–Kier alpha value is -3.82. The van der Waals surface area contributed by atoms with Crippen LogP contribution in [-0.2, 0) is 25.7 Å². The highest BCUT2D eigenvalue weighted by Crippen LogP contribution is 2.37. The van der Waals surface area contributed by atoms with Gasteiger partial charge in [-0.05, 0) is 59.5 Å². The Labute approximate surface area is 228 Å². The Morgan fingerprint density at radius 2 is 1.85 bits per heavy atom. The number of methoxy groups -OCH3 is 2. The molecule has 1 aliphatic rings. The molecule has 202 valence electrons. The number of rotatable bonds is 6. The summed E-state index contributed by atoms with van der Waals surface area (Å²) in [4.78, 5) is 19.9. The largest absolute Gasteiger partial charge is 0.493 e. The van der Waals surface area contributed by atoms with Crippen LogP contribution in [0.5, 0.6) is 11.5 Å². The molecule has 6 nitrogen and oxygen atoms in total. The van der Waals surface area contributed by atoms with E-state index in [2.05, 4.69) is 15.2 Å². The normalized spacial score (nSPS) is 13.7. The fourth-order valence-electron chi connectivity index (χ4n) is 4.94. The standard InChI is InChI=1S/C29H25ClF3N3O3/c1-38-26-13-22-18(8-10-34-25(22)14-27(26)39-2)16-36-11-9-20-17(15-36)4-3-5-21(20)28(37)35-19-6-7-24(30)23(12-19)29(31,32)33/h3-8,10,12-14H,9,11,15-16H2,1-2H3,(H,35,37). The summed E-state index contributed by atoms with van der Waals surface area (Å²) in [5.41, 5.74) is 3.26. The first kappa shape index (κ1) is 26.8. The first-order valence-electron chi connectivity index (χ1n) is 12.2. The van der Waals surface area contributed by atoms with Crippen LogP contribution in [0.15, 0.2) is 60.8 Å². The molecule has 10 heteroatoms. The minimum atomic E-state index is -4.62. The molecule has 0 saturated carbocycles. The summed E-state index contributed by atoms with van der Waals surface area (Å²) in [6.07, 6.45) is -2.23. The highest BCUT2D eigenvalue weighted by Gasteiger charge is 2.33. The van der Waals surface area contributed by atoms with Crippen molar-refractivity contribution in [2.24, 2.45) is 0 Å². The van der Waals surface area contributed by atoms with Crippen molar-refractivity contribution >= 4 is 34.1 Å². The number of hydrogen-bond donors (Lipinski definition) is 1. The smallest absolute Gasteiger partial charge is 0.417 e. The number of anilines is 1. The Balaban J connectivity index is 1.36. The van der Waals surface area contributed by atoms with E-state index in [0.717, 1.165) is 39.7 Å². The number of benzene rings is 3. The molecule has 2 heterocycles. The third-order valence-electron chi connectivity index (χ3n) is 6.85. The van der Waals surface area contributed by atoms with Gasteiger partial charge in [-0.2, -0.15) is 13.2 Å². The van der Waals surface area contributed by atoms with Crippen molar-refractivity contribution in [3.63, 3.8) is 0 Å². The number of alkyl halides is 3. The van der Waals surface area contributed by atoms with Crippen LogP contribution < -0.4 is 14.8 Å². The summed E-state index contributed by atoms with van der Waals surface area (Å²) in [6.45, 7) is 1.98. The highest BCUT2D eigenvalue weighted by molar-refractivity contribution is 6.31. The van der Waals surface area contributed by atoms with E-state index in [0.29, 0.717) is 43.1 Å². The first-order valence-corrected chi connectivity index (χ1v) is 12.6. The molecule has 0 fully saturated rings. The lowest BCUT2D eigenvalue weighted by Crippen LogP contribution is -2.31. The van der Waals surface area contributed by atoms with Gasteiger partial charge in [0.15, 0.2) is 11.5 Å². The van der Waals surface area contributed by atoms with E-state index in [1.807, 2.05) is 24.3 Å². The molecular weight excluding hydrogens is 531 g/mol. The Morgan fingerprint density at radius 1 is 1.08 bits per heavy atom. The molecule has 1 N–H and O–H groups in total. The number of nitrogens with zero attached hydrogens (tertiary/aromatic N) is 2. The fraction of sp³-hybridized carbons (Fsp3) is 0.241. The van der Waals surface area contributed by atoms with Gasteiger partial charge in [0.1, 0.15) is 0 Å². The molecule has 0 radical (unpaired) electrons. The maximum atomic E-state index is 13.2. The van der Waals surface area contributed by atoms with Crippen molar-refractivity contribution < 1.29 is 27.4 Å². The second-order valence-corrected chi connectivity index (χ2v) is 9.65. The van der Waals surface area contributed by atoms with Gasteiger partial charge in [-0.3, -0.25) is 14.7 Å². The van der Waals surface area contributed by atoms with Gasteiger partial charge < -0.3 is 14.8 Å². The average molecular weight is 556 g/mol. The van der Waals surface area contributed by atoms with E-state index in [-0.39, 0.29) is 5.69 Å². The van der Waals surface area contributed by atoms with Crippen molar-refractivity contribution in [1.29, 1.82) is 0 Å². The summed E-state index contributed by atoms with van der Waals surface area (Å²) < 4.78 is 50.6. The van der Waals surface area contributed by atoms with E-state index in [1.165, 1.54) is 6.07 Å². The SMILES string of the molecule is COc1cc2nccc(CN3CCc4c(cccc4C(=O)Nc4ccc(Cl)c(C(F)(F)F)c4)C3)c2cc1OC. The summed E-state index contributed by atoms with van der Waals surface area (Å²) in [6, 6.07) is 14.6. The van der Waals surface area contributed by atoms with Crippen LogP contribution in [0, 0.1) is 0 Å². The number of halogens is 4. The molecule has 0 unspecified atom stereocenters. The molecule has 0 bridgehead atoms. The number of nitrogens with one attached hydrogen (secondary N) is 1. The van der Waals surface area contributed by atoms with Gasteiger partial charge in [-0.15, -0.1) is 0 Å². The number of hydrogen-bond acceptors (Lipinski definition) is 5. The number of carbonyl (C=O) groups excluding carboxylic acids is 1. The second-order valence-electron chi connectivity index (χ2n) is 9.24. The third-order valence-corrected chi connectivity index (χ3v) is 7.18. The van der Waals surface area contributed by atoms with Gasteiger partial charge in [0.05, 0.1) is 30.3 Å². The molecule has 1 amide bonds. The highest BCUT2D eigenvalue weighted by atomic mass is 35.5. The van der Waals surface area contributed by atoms with Crippen LogP contribution >= 0.6 is 11.6 Å². The zero-order valence-corrected chi connectivity index (χ0v) is 22.0. The zero-order valence-electron chi connectivity index (χ0n) is 21.2. The number of amides is 1. The molecule has 3 aromatic carbocycles. The Bertz CT molecular complexity index is 1560. The number of aromatic nitrogens is 1. The van der Waals surface area contributed by atoms with Gasteiger partial charge in [0.25, 0.3) is 5.91 Å². The van der Waals surface area contributed by atoms with Gasteiger partial charge in [-0.25, -0.2) is 0 Å². The predicted octanol–water partition coefficient (Wildman–Crippen LogP) is 6.73. The van der Waals surface area contributed by atoms with Crippen LogP contribution in [0.4, 0.5) is 18.9 Å². The van der Waals surface area contributed by atoms with Gasteiger partial charge in [0, 0.05) is 48.5 Å². The van der Waals surface area contributed by atoms with Crippen LogP contribution in [0.25, 0.3) is 10.9 Å². The van der Waals surface area contributed by atoms with E-state index in [9.17, 15) is 18.0 Å². The number of carbonyl (C=O) groups is 1. The lowest BCUT2D eigenvalue weighted by molar-refractivity contribution is -0.137. The minimum Gasteiger partial charge on any atom is -0.493 e. The lowest BCUT2D eigenvalue weighted by Gasteiger charge is -2.30. The van der Waals surface area contributed by atoms with E-state index >= 15 is 0 Å². The van der Waals surface area contributed by atoms with Crippen molar-refractivity contribution in [1.82, 2.24) is 9.88 Å². The number of fused-ring (bicyclic) bond motifs is 2. The molecule has 4 aromatic rings. The van der Waals surface area contributed by atoms with Crippen molar-refractivity contribution in [3.8, 4) is 11.5 Å². The quantitative estimate of drug-likeness (QED) is 0.286. The van der Waals surface area contributed by atoms with E-state index < -0.39 is 22.7 Å². The van der Waals surface area contributed by atoms with Gasteiger partial charge >= 0.3 is 6.18 Å². The molecule has 0 atom stereocenters. The molecule has 1 aromatic heterocycles. The van der Waals surface area contributed by atoms with Crippen molar-refractivity contribution in [3.05, 3.63) is 93.6 Å². The molecule has 39 heavy (non-hydrogen) atoms. The Kier molecular flexibility index (Phi) is 7.38. The summed E-state index contributed by atoms with van der Waals surface area (Å²) >= 11 is 5.71. The van der Waals surface area contributed by atoms with Crippen LogP contribution in [0.3, 0.4) is 0 Å². The van der Waals surface area contributed by atoms with Crippen molar-refractivity contribution in [2.45, 2.75) is 25.7 Å². The molecule has 5 rings (SSSR count). The fourth-order valence-corrected chi connectivity index (χ4v) is 5.17. The van der Waals surface area contributed by atoms with Crippen molar-refractivity contribution in [2.75, 3.05) is 26.1 Å². The minimum absolute atomic E-state index is 0.0309. The monoisotopic (exact) mass is 555 g/mol.